The van der Waals surface area contributed by atoms with E-state index in [-0.39, 0.29) is 5.92 Å². The number of amidine groups is 2. The maximum Gasteiger partial charge on any atom is 0.123 e. The van der Waals surface area contributed by atoms with Crippen LogP contribution < -0.4 is 21.3 Å². The van der Waals surface area contributed by atoms with Gasteiger partial charge in [0, 0.05) is 24.2 Å². The molecule has 0 fully saturated rings. The molecule has 0 saturated carbocycles. The fourth-order valence-corrected chi connectivity index (χ4v) is 3.66. The van der Waals surface area contributed by atoms with Gasteiger partial charge in [-0.15, -0.1) is 0 Å². The zero-order chi connectivity index (χ0) is 21.4. The van der Waals surface area contributed by atoms with E-state index in [9.17, 15) is 0 Å². The number of benzene rings is 1. The van der Waals surface area contributed by atoms with Gasteiger partial charge in [0.1, 0.15) is 23.3 Å². The van der Waals surface area contributed by atoms with Gasteiger partial charge in [0.15, 0.2) is 0 Å². The molecule has 6 N–H and O–H groups in total. The SMILES string of the molecule is CC(=N)N1C(=N)C(C)CN(c2ccc(N)nc2)c2cc(-c3ccc(N)nc3)ccc21. The van der Waals surface area contributed by atoms with Gasteiger partial charge in [-0.2, -0.15) is 0 Å². The number of nitrogen functional groups attached to an aromatic ring is 2. The summed E-state index contributed by atoms with van der Waals surface area (Å²) in [6, 6.07) is 13.4. The normalized spacial score (nSPS) is 16.2. The number of fused-ring (bicyclic) bond motifs is 1. The second-order valence-electron chi connectivity index (χ2n) is 7.43. The Morgan fingerprint density at radius 1 is 0.967 bits per heavy atom. The molecule has 8 heteroatoms. The monoisotopic (exact) mass is 400 g/mol. The van der Waals surface area contributed by atoms with Crippen molar-refractivity contribution in [2.24, 2.45) is 5.92 Å². The van der Waals surface area contributed by atoms with Crippen molar-refractivity contribution in [1.29, 1.82) is 10.8 Å². The number of nitrogens with two attached hydrogens (primary N) is 2. The van der Waals surface area contributed by atoms with E-state index in [4.69, 9.17) is 22.3 Å². The lowest BCUT2D eigenvalue weighted by Crippen LogP contribution is -2.38. The lowest BCUT2D eigenvalue weighted by atomic mass is 10.0. The Kier molecular flexibility index (Phi) is 4.83. The van der Waals surface area contributed by atoms with Crippen LogP contribution in [0.1, 0.15) is 13.8 Å². The summed E-state index contributed by atoms with van der Waals surface area (Å²) in [5.41, 5.74) is 16.0. The lowest BCUT2D eigenvalue weighted by molar-refractivity contribution is 0.756. The highest BCUT2D eigenvalue weighted by Crippen LogP contribution is 2.41. The van der Waals surface area contributed by atoms with Crippen LogP contribution in [0.3, 0.4) is 0 Å². The number of nitrogens with one attached hydrogen (secondary N) is 2. The van der Waals surface area contributed by atoms with E-state index in [2.05, 4.69) is 20.9 Å². The number of rotatable bonds is 2. The highest BCUT2D eigenvalue weighted by molar-refractivity contribution is 6.19. The molecular weight excluding hydrogens is 376 g/mol. The molecule has 0 bridgehead atoms. The summed E-state index contributed by atoms with van der Waals surface area (Å²) in [5, 5.41) is 17.0. The zero-order valence-corrected chi connectivity index (χ0v) is 16.9. The van der Waals surface area contributed by atoms with Gasteiger partial charge >= 0.3 is 0 Å². The average Bonchev–Trinajstić information content (AvgIpc) is 2.83. The second-order valence-corrected chi connectivity index (χ2v) is 7.43. The first-order chi connectivity index (χ1) is 14.3. The zero-order valence-electron chi connectivity index (χ0n) is 16.9. The predicted molar refractivity (Wildman–Crippen MR) is 123 cm³/mol. The van der Waals surface area contributed by atoms with Crippen molar-refractivity contribution in [3.05, 3.63) is 54.9 Å². The maximum atomic E-state index is 8.68. The van der Waals surface area contributed by atoms with Crippen LogP contribution in [-0.2, 0) is 0 Å². The van der Waals surface area contributed by atoms with Gasteiger partial charge in [0.05, 0.1) is 23.3 Å². The minimum absolute atomic E-state index is 0.100. The first-order valence-electron chi connectivity index (χ1n) is 9.64. The van der Waals surface area contributed by atoms with E-state index in [0.717, 1.165) is 28.2 Å². The summed E-state index contributed by atoms with van der Waals surface area (Å²) in [6.07, 6.45) is 3.48. The first kappa shape index (κ1) is 19.4. The van der Waals surface area contributed by atoms with Crippen LogP contribution in [0.25, 0.3) is 11.1 Å². The largest absolute Gasteiger partial charge is 0.384 e. The molecule has 0 aliphatic carbocycles. The Labute approximate surface area is 175 Å². The van der Waals surface area contributed by atoms with Crippen LogP contribution in [0, 0.1) is 16.7 Å². The van der Waals surface area contributed by atoms with Gasteiger partial charge in [0.2, 0.25) is 0 Å². The van der Waals surface area contributed by atoms with E-state index in [1.807, 2.05) is 31.2 Å². The standard InChI is InChI=1S/C22H24N8/c1-13-12-29(17-5-8-21(25)28-11-17)19-9-15(16-4-7-20(24)27-10-16)3-6-18(19)30(14(2)23)22(13)26/h3-11,13,23,26H,12H2,1-2H3,(H2,24,27)(H2,25,28). The van der Waals surface area contributed by atoms with Crippen LogP contribution in [0.4, 0.5) is 28.7 Å². The Morgan fingerprint density at radius 3 is 2.23 bits per heavy atom. The van der Waals surface area contributed by atoms with Crippen LogP contribution in [0.15, 0.2) is 54.9 Å². The van der Waals surface area contributed by atoms with E-state index in [0.29, 0.717) is 29.9 Å². The van der Waals surface area contributed by atoms with Crippen molar-refractivity contribution in [2.45, 2.75) is 13.8 Å². The van der Waals surface area contributed by atoms with Crippen LogP contribution in [-0.4, -0.2) is 28.2 Å². The third-order valence-electron chi connectivity index (χ3n) is 5.21. The molecule has 1 aliphatic heterocycles. The van der Waals surface area contributed by atoms with Gasteiger partial charge in [-0.1, -0.05) is 13.0 Å². The van der Waals surface area contributed by atoms with E-state index < -0.39 is 0 Å². The minimum Gasteiger partial charge on any atom is -0.384 e. The molecule has 8 nitrogen and oxygen atoms in total. The summed E-state index contributed by atoms with van der Waals surface area (Å²) >= 11 is 0. The number of hydrogen-bond donors (Lipinski definition) is 4. The highest BCUT2D eigenvalue weighted by atomic mass is 15.3. The number of aromatic nitrogens is 2. The van der Waals surface area contributed by atoms with Crippen molar-refractivity contribution in [3.8, 4) is 11.1 Å². The molecule has 1 aromatic carbocycles. The highest BCUT2D eigenvalue weighted by Gasteiger charge is 2.31. The molecule has 1 atom stereocenters. The van der Waals surface area contributed by atoms with Crippen molar-refractivity contribution < 1.29 is 0 Å². The molecule has 152 valence electrons. The molecule has 0 saturated heterocycles. The molecule has 2 aromatic heterocycles. The van der Waals surface area contributed by atoms with Gasteiger partial charge in [-0.3, -0.25) is 15.7 Å². The topological polar surface area (TPSA) is 132 Å². The Hall–Kier alpha value is -3.94. The molecule has 0 spiro atoms. The van der Waals surface area contributed by atoms with Crippen LogP contribution >= 0.6 is 0 Å². The van der Waals surface area contributed by atoms with Gasteiger partial charge in [0.25, 0.3) is 0 Å². The van der Waals surface area contributed by atoms with Crippen molar-refractivity contribution in [3.63, 3.8) is 0 Å². The second kappa shape index (κ2) is 7.47. The molecule has 1 unspecified atom stereocenters. The molecule has 1 aliphatic rings. The van der Waals surface area contributed by atoms with Crippen molar-refractivity contribution in [2.75, 3.05) is 27.8 Å². The van der Waals surface area contributed by atoms with Gasteiger partial charge in [-0.05, 0) is 48.9 Å². The van der Waals surface area contributed by atoms with E-state index >= 15 is 0 Å². The van der Waals surface area contributed by atoms with Crippen molar-refractivity contribution >= 4 is 40.4 Å². The summed E-state index contributed by atoms with van der Waals surface area (Å²) in [4.78, 5) is 12.3. The molecule has 3 aromatic rings. The maximum absolute atomic E-state index is 8.68. The van der Waals surface area contributed by atoms with Gasteiger partial charge in [-0.25, -0.2) is 9.97 Å². The third-order valence-corrected chi connectivity index (χ3v) is 5.21. The number of pyridine rings is 2. The van der Waals surface area contributed by atoms with E-state index in [1.165, 1.54) is 0 Å². The van der Waals surface area contributed by atoms with Crippen LogP contribution in [0.5, 0.6) is 0 Å². The average molecular weight is 400 g/mol. The Bertz CT molecular complexity index is 1100. The predicted octanol–water partition coefficient (Wildman–Crippen LogP) is 3.88. The third kappa shape index (κ3) is 3.43. The molecule has 30 heavy (non-hydrogen) atoms. The summed E-state index contributed by atoms with van der Waals surface area (Å²) < 4.78 is 0. The molecule has 4 rings (SSSR count). The molecule has 3 heterocycles. The fraction of sp³-hybridized carbons (Fsp3) is 0.182. The van der Waals surface area contributed by atoms with Crippen LogP contribution in [0.2, 0.25) is 0 Å². The summed E-state index contributed by atoms with van der Waals surface area (Å²) in [7, 11) is 0. The molecular formula is C22H24N8. The summed E-state index contributed by atoms with van der Waals surface area (Å²) in [5.74, 6) is 1.50. The minimum atomic E-state index is -0.100. The number of hydrogen-bond acceptors (Lipinski definition) is 7. The lowest BCUT2D eigenvalue weighted by Gasteiger charge is -2.27. The molecule has 0 radical (unpaired) electrons. The van der Waals surface area contributed by atoms with Crippen molar-refractivity contribution in [1.82, 2.24) is 9.97 Å². The number of anilines is 5. The number of nitrogens with zero attached hydrogens (tertiary/aromatic N) is 4. The fourth-order valence-electron chi connectivity index (χ4n) is 3.66. The summed E-state index contributed by atoms with van der Waals surface area (Å²) in [6.45, 7) is 4.26. The Balaban J connectivity index is 1.92. The Morgan fingerprint density at radius 2 is 1.63 bits per heavy atom. The smallest absolute Gasteiger partial charge is 0.123 e. The van der Waals surface area contributed by atoms with E-state index in [1.54, 1.807) is 36.4 Å². The quantitative estimate of drug-likeness (QED) is 0.381. The molecule has 0 amide bonds. The first-order valence-corrected chi connectivity index (χ1v) is 9.64. The van der Waals surface area contributed by atoms with Gasteiger partial charge < -0.3 is 16.4 Å².